The topological polar surface area (TPSA) is 12.0 Å². The van der Waals surface area contributed by atoms with Crippen LogP contribution in [0.15, 0.2) is 30.9 Å². The molecule has 0 aromatic heterocycles. The molecule has 94 valence electrons. The van der Waals surface area contributed by atoms with Crippen molar-refractivity contribution in [1.82, 2.24) is 5.32 Å². The molecule has 1 atom stereocenters. The van der Waals surface area contributed by atoms with Gasteiger partial charge in [0.2, 0.25) is 0 Å². The van der Waals surface area contributed by atoms with Crippen molar-refractivity contribution in [2.24, 2.45) is 5.41 Å². The molecule has 1 unspecified atom stereocenters. The van der Waals surface area contributed by atoms with Gasteiger partial charge in [0.1, 0.15) is 5.82 Å². The summed E-state index contributed by atoms with van der Waals surface area (Å²) in [4.78, 5) is 0. The van der Waals surface area contributed by atoms with Gasteiger partial charge in [-0.2, -0.15) is 0 Å². The molecule has 0 aliphatic rings. The summed E-state index contributed by atoms with van der Waals surface area (Å²) in [6.07, 6.45) is 2.41. The molecular formula is C14H19ClFN. The number of hydrogen-bond acceptors (Lipinski definition) is 1. The van der Waals surface area contributed by atoms with Gasteiger partial charge in [0, 0.05) is 22.5 Å². The Morgan fingerprint density at radius 3 is 2.76 bits per heavy atom. The minimum absolute atomic E-state index is 0.193. The van der Waals surface area contributed by atoms with Crippen LogP contribution < -0.4 is 5.32 Å². The Hall–Kier alpha value is -0.860. The normalized spacial score (nSPS) is 14.4. The van der Waals surface area contributed by atoms with Crippen LogP contribution in [-0.4, -0.2) is 13.1 Å². The molecule has 0 amide bonds. The van der Waals surface area contributed by atoms with Gasteiger partial charge >= 0.3 is 0 Å². The zero-order chi connectivity index (χ0) is 12.9. The number of halogens is 2. The zero-order valence-corrected chi connectivity index (χ0v) is 11.1. The maximum Gasteiger partial charge on any atom is 0.127 e. The first kappa shape index (κ1) is 14.2. The lowest BCUT2D eigenvalue weighted by molar-refractivity contribution is 0.389. The van der Waals surface area contributed by atoms with Crippen molar-refractivity contribution < 1.29 is 4.39 Å². The molecule has 0 aliphatic carbocycles. The SMILES string of the molecule is C=CC(C)(CNCC)Cc1c(F)cccc1Cl. The third-order valence-electron chi connectivity index (χ3n) is 2.91. The highest BCUT2D eigenvalue weighted by Crippen LogP contribution is 2.29. The van der Waals surface area contributed by atoms with Gasteiger partial charge in [-0.15, -0.1) is 6.58 Å². The summed E-state index contributed by atoms with van der Waals surface area (Å²) in [5, 5.41) is 3.74. The highest BCUT2D eigenvalue weighted by molar-refractivity contribution is 6.31. The van der Waals surface area contributed by atoms with Crippen LogP contribution in [0.5, 0.6) is 0 Å². The van der Waals surface area contributed by atoms with E-state index in [1.54, 1.807) is 12.1 Å². The molecule has 3 heteroatoms. The second kappa shape index (κ2) is 6.18. The van der Waals surface area contributed by atoms with E-state index in [1.165, 1.54) is 6.07 Å². The minimum Gasteiger partial charge on any atom is -0.316 e. The summed E-state index contributed by atoms with van der Waals surface area (Å²) in [5.41, 5.74) is 0.372. The van der Waals surface area contributed by atoms with Crippen LogP contribution in [0.1, 0.15) is 19.4 Å². The first-order chi connectivity index (χ1) is 8.02. The molecule has 1 aromatic rings. The van der Waals surface area contributed by atoms with E-state index in [1.807, 2.05) is 19.9 Å². The van der Waals surface area contributed by atoms with E-state index in [-0.39, 0.29) is 11.2 Å². The monoisotopic (exact) mass is 255 g/mol. The Kier molecular flexibility index (Phi) is 5.16. The Bertz CT molecular complexity index is 372. The van der Waals surface area contributed by atoms with Crippen LogP contribution >= 0.6 is 11.6 Å². The smallest absolute Gasteiger partial charge is 0.127 e. The molecule has 0 radical (unpaired) electrons. The Morgan fingerprint density at radius 2 is 2.24 bits per heavy atom. The molecule has 1 nitrogen and oxygen atoms in total. The van der Waals surface area contributed by atoms with E-state index >= 15 is 0 Å². The lowest BCUT2D eigenvalue weighted by atomic mass is 9.83. The molecule has 1 N–H and O–H groups in total. The van der Waals surface area contributed by atoms with Crippen molar-refractivity contribution in [3.63, 3.8) is 0 Å². The molecule has 0 fully saturated rings. The van der Waals surface area contributed by atoms with E-state index in [2.05, 4.69) is 11.9 Å². The third kappa shape index (κ3) is 3.83. The van der Waals surface area contributed by atoms with Gasteiger partial charge in [0.25, 0.3) is 0 Å². The van der Waals surface area contributed by atoms with Gasteiger partial charge in [-0.3, -0.25) is 0 Å². The molecular weight excluding hydrogens is 237 g/mol. The Morgan fingerprint density at radius 1 is 1.53 bits per heavy atom. The molecule has 0 saturated heterocycles. The van der Waals surface area contributed by atoms with Crippen molar-refractivity contribution in [2.75, 3.05) is 13.1 Å². The fraction of sp³-hybridized carbons (Fsp3) is 0.429. The lowest BCUT2D eigenvalue weighted by Gasteiger charge is -2.26. The first-order valence-electron chi connectivity index (χ1n) is 5.79. The van der Waals surface area contributed by atoms with Crippen molar-refractivity contribution >= 4 is 11.6 Å². The predicted molar refractivity (Wildman–Crippen MR) is 72.0 cm³/mol. The quantitative estimate of drug-likeness (QED) is 0.762. The number of rotatable bonds is 6. The van der Waals surface area contributed by atoms with Crippen LogP contribution in [0, 0.1) is 11.2 Å². The van der Waals surface area contributed by atoms with E-state index < -0.39 is 0 Å². The van der Waals surface area contributed by atoms with Crippen LogP contribution in [0.4, 0.5) is 4.39 Å². The van der Waals surface area contributed by atoms with E-state index in [0.717, 1.165) is 13.1 Å². The standard InChI is InChI=1S/C14H19ClFN/c1-4-14(3,10-17-5-2)9-11-12(15)7-6-8-13(11)16/h4,6-8,17H,1,5,9-10H2,2-3H3. The zero-order valence-electron chi connectivity index (χ0n) is 10.4. The van der Waals surface area contributed by atoms with Gasteiger partial charge in [-0.1, -0.05) is 37.6 Å². The van der Waals surface area contributed by atoms with Crippen molar-refractivity contribution in [1.29, 1.82) is 0 Å². The molecule has 0 spiro atoms. The van der Waals surface area contributed by atoms with Gasteiger partial charge < -0.3 is 5.32 Å². The summed E-state index contributed by atoms with van der Waals surface area (Å²) in [6, 6.07) is 4.78. The highest BCUT2D eigenvalue weighted by Gasteiger charge is 2.23. The Balaban J connectivity index is 2.90. The summed E-state index contributed by atoms with van der Waals surface area (Å²) in [6.45, 7) is 9.57. The lowest BCUT2D eigenvalue weighted by Crippen LogP contribution is -2.32. The molecule has 17 heavy (non-hydrogen) atoms. The molecule has 0 heterocycles. The summed E-state index contributed by atoms with van der Waals surface area (Å²) >= 11 is 6.03. The molecule has 0 bridgehead atoms. The number of nitrogens with one attached hydrogen (secondary N) is 1. The van der Waals surface area contributed by atoms with E-state index in [9.17, 15) is 4.39 Å². The molecule has 0 aliphatic heterocycles. The largest absolute Gasteiger partial charge is 0.316 e. The fourth-order valence-corrected chi connectivity index (χ4v) is 1.95. The second-order valence-electron chi connectivity index (χ2n) is 4.52. The maximum absolute atomic E-state index is 13.7. The summed E-state index contributed by atoms with van der Waals surface area (Å²) in [7, 11) is 0. The second-order valence-corrected chi connectivity index (χ2v) is 4.92. The highest BCUT2D eigenvalue weighted by atomic mass is 35.5. The van der Waals surface area contributed by atoms with Crippen molar-refractivity contribution in [3.05, 3.63) is 47.3 Å². The van der Waals surface area contributed by atoms with Crippen LogP contribution in [0.2, 0.25) is 5.02 Å². The van der Waals surface area contributed by atoms with Gasteiger partial charge in [0.05, 0.1) is 0 Å². The summed E-state index contributed by atoms with van der Waals surface area (Å²) in [5.74, 6) is -0.248. The first-order valence-corrected chi connectivity index (χ1v) is 6.17. The van der Waals surface area contributed by atoms with Crippen LogP contribution in [-0.2, 0) is 6.42 Å². The number of benzene rings is 1. The third-order valence-corrected chi connectivity index (χ3v) is 3.27. The van der Waals surface area contributed by atoms with E-state index in [4.69, 9.17) is 11.6 Å². The van der Waals surface area contributed by atoms with Gasteiger partial charge in [-0.05, 0) is 25.1 Å². The number of hydrogen-bond donors (Lipinski definition) is 1. The van der Waals surface area contributed by atoms with Gasteiger partial charge in [-0.25, -0.2) is 4.39 Å². The Labute approximate surface area is 108 Å². The van der Waals surface area contributed by atoms with Crippen LogP contribution in [0.3, 0.4) is 0 Å². The maximum atomic E-state index is 13.7. The van der Waals surface area contributed by atoms with Crippen molar-refractivity contribution in [2.45, 2.75) is 20.3 Å². The molecule has 0 saturated carbocycles. The average molecular weight is 256 g/mol. The predicted octanol–water partition coefficient (Wildman–Crippen LogP) is 3.82. The fourth-order valence-electron chi connectivity index (χ4n) is 1.72. The molecule has 1 aromatic carbocycles. The van der Waals surface area contributed by atoms with E-state index in [0.29, 0.717) is 17.0 Å². The summed E-state index contributed by atoms with van der Waals surface area (Å²) < 4.78 is 13.7. The van der Waals surface area contributed by atoms with Crippen molar-refractivity contribution in [3.8, 4) is 0 Å². The molecule has 1 rings (SSSR count). The minimum atomic E-state index is -0.248. The average Bonchev–Trinajstić information content (AvgIpc) is 2.32. The van der Waals surface area contributed by atoms with Crippen LogP contribution in [0.25, 0.3) is 0 Å². The van der Waals surface area contributed by atoms with Gasteiger partial charge in [0.15, 0.2) is 0 Å².